The van der Waals surface area contributed by atoms with E-state index in [0.717, 1.165) is 29.6 Å². The summed E-state index contributed by atoms with van der Waals surface area (Å²) in [4.78, 5) is 0. The fourth-order valence-corrected chi connectivity index (χ4v) is 3.03. The van der Waals surface area contributed by atoms with Crippen molar-refractivity contribution in [1.29, 1.82) is 0 Å². The van der Waals surface area contributed by atoms with Gasteiger partial charge >= 0.3 is 0 Å². The van der Waals surface area contributed by atoms with Crippen LogP contribution in [0.4, 0.5) is 0 Å². The molecule has 5 heteroatoms. The molecule has 114 valence electrons. The van der Waals surface area contributed by atoms with Crippen molar-refractivity contribution in [3.8, 4) is 0 Å². The van der Waals surface area contributed by atoms with Gasteiger partial charge in [0.05, 0.1) is 29.5 Å². The third-order valence-electron chi connectivity index (χ3n) is 3.68. The van der Waals surface area contributed by atoms with E-state index in [4.69, 9.17) is 10.5 Å². The van der Waals surface area contributed by atoms with Crippen LogP contribution in [0, 0.1) is 6.92 Å². The normalized spacial score (nSPS) is 12.6. The van der Waals surface area contributed by atoms with E-state index in [2.05, 4.69) is 52.2 Å². The van der Waals surface area contributed by atoms with Gasteiger partial charge < -0.3 is 10.5 Å². The van der Waals surface area contributed by atoms with Gasteiger partial charge in [0.25, 0.3) is 0 Å². The van der Waals surface area contributed by atoms with E-state index >= 15 is 0 Å². The molecule has 2 N–H and O–H groups in total. The summed E-state index contributed by atoms with van der Waals surface area (Å²) < 4.78 is 8.01. The average molecular weight is 352 g/mol. The Bertz CT molecular complexity index is 583. The summed E-state index contributed by atoms with van der Waals surface area (Å²) in [7, 11) is 1.69. The minimum absolute atomic E-state index is 0.0432. The second kappa shape index (κ2) is 7.73. The minimum atomic E-state index is -0.0432. The Hall–Kier alpha value is -1.17. The zero-order chi connectivity index (χ0) is 15.2. The maximum absolute atomic E-state index is 6.38. The van der Waals surface area contributed by atoms with E-state index in [1.807, 2.05) is 4.68 Å². The molecule has 21 heavy (non-hydrogen) atoms. The summed E-state index contributed by atoms with van der Waals surface area (Å²) in [6, 6.07) is 8.40. The molecule has 0 aliphatic heterocycles. The molecule has 0 aliphatic carbocycles. The molecule has 0 spiro atoms. The lowest BCUT2D eigenvalue weighted by atomic mass is 10.00. The molecule has 0 amide bonds. The van der Waals surface area contributed by atoms with Crippen molar-refractivity contribution < 1.29 is 4.74 Å². The minimum Gasteiger partial charge on any atom is -0.383 e. The van der Waals surface area contributed by atoms with Crippen molar-refractivity contribution >= 4 is 15.9 Å². The number of methoxy groups -OCH3 is 1. The van der Waals surface area contributed by atoms with Crippen LogP contribution in [0.5, 0.6) is 0 Å². The predicted octanol–water partition coefficient (Wildman–Crippen LogP) is 3.23. The molecule has 2 rings (SSSR count). The highest BCUT2D eigenvalue weighted by atomic mass is 79.9. The average Bonchev–Trinajstić information content (AvgIpc) is 2.85. The van der Waals surface area contributed by atoms with Gasteiger partial charge in [0, 0.05) is 13.2 Å². The van der Waals surface area contributed by atoms with Gasteiger partial charge in [-0.15, -0.1) is 0 Å². The number of aromatic nitrogens is 2. The third kappa shape index (κ3) is 4.15. The molecule has 0 saturated carbocycles. The summed E-state index contributed by atoms with van der Waals surface area (Å²) in [5.41, 5.74) is 10.1. The first-order chi connectivity index (χ1) is 10.1. The molecule has 1 aromatic carbocycles. The summed E-state index contributed by atoms with van der Waals surface area (Å²) in [5, 5.41) is 4.36. The maximum atomic E-state index is 6.38. The molecular formula is C16H22BrN3O. The Kier molecular flexibility index (Phi) is 5.96. The van der Waals surface area contributed by atoms with Gasteiger partial charge in [0.2, 0.25) is 0 Å². The van der Waals surface area contributed by atoms with Crippen molar-refractivity contribution in [3.63, 3.8) is 0 Å². The number of aryl methyl sites for hydroxylation is 2. The van der Waals surface area contributed by atoms with Gasteiger partial charge in [-0.3, -0.25) is 4.68 Å². The highest BCUT2D eigenvalue weighted by Crippen LogP contribution is 2.25. The summed E-state index contributed by atoms with van der Waals surface area (Å²) in [6.07, 6.45) is 3.66. The van der Waals surface area contributed by atoms with Crippen molar-refractivity contribution in [2.75, 3.05) is 13.7 Å². The molecule has 0 fully saturated rings. The Morgan fingerprint density at radius 2 is 2.14 bits per heavy atom. The number of halogens is 1. The number of benzene rings is 1. The lowest BCUT2D eigenvalue weighted by Gasteiger charge is -2.16. The van der Waals surface area contributed by atoms with Gasteiger partial charge in [-0.1, -0.05) is 24.3 Å². The molecule has 0 saturated heterocycles. The van der Waals surface area contributed by atoms with E-state index in [0.29, 0.717) is 6.61 Å². The zero-order valence-electron chi connectivity index (χ0n) is 12.6. The van der Waals surface area contributed by atoms with E-state index < -0.39 is 0 Å². The summed E-state index contributed by atoms with van der Waals surface area (Å²) in [5.74, 6) is 0. The Labute approximate surface area is 134 Å². The van der Waals surface area contributed by atoms with Crippen LogP contribution in [0.15, 0.2) is 34.9 Å². The molecule has 1 aromatic heterocycles. The largest absolute Gasteiger partial charge is 0.383 e. The van der Waals surface area contributed by atoms with Crippen LogP contribution < -0.4 is 5.73 Å². The third-order valence-corrected chi connectivity index (χ3v) is 4.29. The summed E-state index contributed by atoms with van der Waals surface area (Å²) in [6.45, 7) is 3.49. The van der Waals surface area contributed by atoms with Crippen LogP contribution in [-0.4, -0.2) is 23.5 Å². The van der Waals surface area contributed by atoms with Crippen LogP contribution in [0.1, 0.15) is 29.3 Å². The lowest BCUT2D eigenvalue weighted by Crippen LogP contribution is -2.19. The molecule has 2 aromatic rings. The summed E-state index contributed by atoms with van der Waals surface area (Å²) >= 11 is 3.55. The van der Waals surface area contributed by atoms with E-state index in [-0.39, 0.29) is 6.04 Å². The van der Waals surface area contributed by atoms with E-state index in [1.54, 1.807) is 13.3 Å². The zero-order valence-corrected chi connectivity index (χ0v) is 14.1. The molecule has 0 aliphatic rings. The molecule has 4 nitrogen and oxygen atoms in total. The Morgan fingerprint density at radius 3 is 2.86 bits per heavy atom. The van der Waals surface area contributed by atoms with Gasteiger partial charge in [0.1, 0.15) is 0 Å². The van der Waals surface area contributed by atoms with Crippen molar-refractivity contribution in [2.45, 2.75) is 32.4 Å². The first-order valence-corrected chi connectivity index (χ1v) is 7.93. The fourth-order valence-electron chi connectivity index (χ4n) is 2.43. The number of nitrogens with two attached hydrogens (primary N) is 1. The van der Waals surface area contributed by atoms with Crippen molar-refractivity contribution in [1.82, 2.24) is 9.78 Å². The van der Waals surface area contributed by atoms with Crippen molar-refractivity contribution in [3.05, 3.63) is 51.8 Å². The first-order valence-electron chi connectivity index (χ1n) is 7.13. The SMILES string of the molecule is COCCn1ncc(Br)c1C(N)CCc1ccccc1C. The highest BCUT2D eigenvalue weighted by molar-refractivity contribution is 9.10. The van der Waals surface area contributed by atoms with Crippen molar-refractivity contribution in [2.24, 2.45) is 5.73 Å². The number of nitrogens with zero attached hydrogens (tertiary/aromatic N) is 2. The van der Waals surface area contributed by atoms with Gasteiger partial charge in [-0.25, -0.2) is 0 Å². The lowest BCUT2D eigenvalue weighted by molar-refractivity contribution is 0.182. The standard InChI is InChI=1S/C16H22BrN3O/c1-12-5-3-4-6-13(12)7-8-15(18)16-14(17)11-19-20(16)9-10-21-2/h3-6,11,15H,7-10,18H2,1-2H3. The van der Waals surface area contributed by atoms with Crippen LogP contribution in [-0.2, 0) is 17.7 Å². The second-order valence-corrected chi connectivity index (χ2v) is 6.02. The smallest absolute Gasteiger partial charge is 0.0694 e. The van der Waals surface area contributed by atoms with Gasteiger partial charge in [-0.2, -0.15) is 5.10 Å². The fraction of sp³-hybridized carbons (Fsp3) is 0.438. The van der Waals surface area contributed by atoms with Gasteiger partial charge in [0.15, 0.2) is 0 Å². The van der Waals surface area contributed by atoms with Gasteiger partial charge in [-0.05, 0) is 46.8 Å². The number of hydrogen-bond acceptors (Lipinski definition) is 3. The predicted molar refractivity (Wildman–Crippen MR) is 88.2 cm³/mol. The number of ether oxygens (including phenoxy) is 1. The topological polar surface area (TPSA) is 53.1 Å². The maximum Gasteiger partial charge on any atom is 0.0694 e. The van der Waals surface area contributed by atoms with E-state index in [1.165, 1.54) is 11.1 Å². The van der Waals surface area contributed by atoms with Crippen LogP contribution in [0.2, 0.25) is 0 Å². The monoisotopic (exact) mass is 351 g/mol. The molecule has 1 heterocycles. The van der Waals surface area contributed by atoms with Crippen LogP contribution >= 0.6 is 15.9 Å². The Morgan fingerprint density at radius 1 is 1.38 bits per heavy atom. The number of rotatable bonds is 7. The molecule has 1 unspecified atom stereocenters. The molecule has 1 atom stereocenters. The second-order valence-electron chi connectivity index (χ2n) is 5.17. The molecular weight excluding hydrogens is 330 g/mol. The van der Waals surface area contributed by atoms with Crippen LogP contribution in [0.3, 0.4) is 0 Å². The molecule has 0 radical (unpaired) electrons. The molecule has 0 bridgehead atoms. The quantitative estimate of drug-likeness (QED) is 0.832. The first kappa shape index (κ1) is 16.2. The van der Waals surface area contributed by atoms with Crippen LogP contribution in [0.25, 0.3) is 0 Å². The Balaban J connectivity index is 2.05. The highest BCUT2D eigenvalue weighted by Gasteiger charge is 2.16. The van der Waals surface area contributed by atoms with E-state index in [9.17, 15) is 0 Å². The number of hydrogen-bond donors (Lipinski definition) is 1.